The molecule has 0 aliphatic carbocycles. The molecule has 1 aliphatic heterocycles. The van der Waals surface area contributed by atoms with Crippen molar-refractivity contribution >= 4 is 27.2 Å². The van der Waals surface area contributed by atoms with Gasteiger partial charge in [-0.2, -0.15) is 0 Å². The molecule has 0 bridgehead atoms. The summed E-state index contributed by atoms with van der Waals surface area (Å²) >= 11 is 4.80. The van der Waals surface area contributed by atoms with Crippen LogP contribution in [0.15, 0.2) is 0 Å². The van der Waals surface area contributed by atoms with E-state index in [-0.39, 0.29) is 16.8 Å². The minimum absolute atomic E-state index is 0.0287. The van der Waals surface area contributed by atoms with E-state index in [1.807, 2.05) is 0 Å². The minimum atomic E-state index is -3.41. The molecule has 0 aromatic heterocycles. The van der Waals surface area contributed by atoms with Crippen molar-refractivity contribution in [3.63, 3.8) is 0 Å². The van der Waals surface area contributed by atoms with Gasteiger partial charge in [0.1, 0.15) is 0 Å². The molecule has 1 rings (SSSR count). The molecule has 3 N–H and O–H groups in total. The van der Waals surface area contributed by atoms with Gasteiger partial charge in [-0.1, -0.05) is 12.2 Å². The Morgan fingerprint density at radius 1 is 1.62 bits per heavy atom. The molecule has 94 valence electrons. The lowest BCUT2D eigenvalue weighted by Crippen LogP contribution is -2.53. The average molecular weight is 266 g/mol. The Morgan fingerprint density at radius 3 is 2.69 bits per heavy atom. The van der Waals surface area contributed by atoms with Crippen LogP contribution in [0.25, 0.3) is 0 Å². The lowest BCUT2D eigenvalue weighted by Gasteiger charge is -2.25. The minimum Gasteiger partial charge on any atom is -0.392 e. The zero-order chi connectivity index (χ0) is 12.4. The van der Waals surface area contributed by atoms with E-state index in [1.165, 1.54) is 0 Å². The van der Waals surface area contributed by atoms with Crippen LogP contribution in [-0.2, 0) is 14.8 Å². The fourth-order valence-electron chi connectivity index (χ4n) is 1.50. The van der Waals surface area contributed by atoms with Crippen LogP contribution in [0.2, 0.25) is 0 Å². The van der Waals surface area contributed by atoms with Gasteiger partial charge in [0, 0.05) is 6.61 Å². The van der Waals surface area contributed by atoms with E-state index in [4.69, 9.17) is 22.7 Å². The maximum atomic E-state index is 11.8. The third-order valence-corrected chi connectivity index (χ3v) is 4.60. The largest absolute Gasteiger partial charge is 0.392 e. The summed E-state index contributed by atoms with van der Waals surface area (Å²) in [4.78, 5) is 0.128. The SMILES string of the molecule is CC(C)(NS(=O)(=O)CC1CCCO1)C(N)=S. The molecule has 7 heteroatoms. The van der Waals surface area contributed by atoms with Gasteiger partial charge in [-0.15, -0.1) is 0 Å². The average Bonchev–Trinajstić information content (AvgIpc) is 2.52. The summed E-state index contributed by atoms with van der Waals surface area (Å²) in [5, 5.41) is 0. The fourth-order valence-corrected chi connectivity index (χ4v) is 3.34. The number of hydrogen-bond acceptors (Lipinski definition) is 4. The summed E-state index contributed by atoms with van der Waals surface area (Å²) in [6, 6.07) is 0. The van der Waals surface area contributed by atoms with Crippen LogP contribution < -0.4 is 10.5 Å². The van der Waals surface area contributed by atoms with Crippen molar-refractivity contribution in [2.45, 2.75) is 38.3 Å². The van der Waals surface area contributed by atoms with E-state index in [0.717, 1.165) is 12.8 Å². The number of nitrogens with two attached hydrogens (primary N) is 1. The van der Waals surface area contributed by atoms with Crippen molar-refractivity contribution in [3.05, 3.63) is 0 Å². The smallest absolute Gasteiger partial charge is 0.215 e. The molecule has 1 aliphatic rings. The summed E-state index contributed by atoms with van der Waals surface area (Å²) in [6.45, 7) is 3.92. The van der Waals surface area contributed by atoms with E-state index >= 15 is 0 Å². The highest BCUT2D eigenvalue weighted by molar-refractivity contribution is 7.89. The zero-order valence-electron chi connectivity index (χ0n) is 9.52. The van der Waals surface area contributed by atoms with Crippen molar-refractivity contribution in [2.75, 3.05) is 12.4 Å². The van der Waals surface area contributed by atoms with Crippen LogP contribution in [-0.4, -0.2) is 37.4 Å². The molecule has 0 spiro atoms. The summed E-state index contributed by atoms with van der Waals surface area (Å²) in [5.74, 6) is -0.0287. The van der Waals surface area contributed by atoms with Crippen molar-refractivity contribution in [2.24, 2.45) is 5.73 Å². The van der Waals surface area contributed by atoms with E-state index in [2.05, 4.69) is 4.72 Å². The van der Waals surface area contributed by atoms with Crippen molar-refractivity contribution in [1.82, 2.24) is 4.72 Å². The molecular formula is C9H18N2O3S2. The second kappa shape index (κ2) is 4.95. The first kappa shape index (κ1) is 13.8. The molecule has 1 heterocycles. The van der Waals surface area contributed by atoms with Gasteiger partial charge >= 0.3 is 0 Å². The normalized spacial score (nSPS) is 22.2. The molecule has 16 heavy (non-hydrogen) atoms. The summed E-state index contributed by atoms with van der Waals surface area (Å²) < 4.78 is 31.4. The zero-order valence-corrected chi connectivity index (χ0v) is 11.2. The predicted octanol–water partition coefficient (Wildman–Crippen LogP) is 0.150. The molecule has 1 atom stereocenters. The highest BCUT2D eigenvalue weighted by atomic mass is 32.2. The van der Waals surface area contributed by atoms with Crippen molar-refractivity contribution in [3.8, 4) is 0 Å². The molecule has 1 saturated heterocycles. The number of nitrogens with one attached hydrogen (secondary N) is 1. The van der Waals surface area contributed by atoms with Crippen LogP contribution in [0.1, 0.15) is 26.7 Å². The molecule has 0 saturated carbocycles. The van der Waals surface area contributed by atoms with Gasteiger partial charge in [0.15, 0.2) is 0 Å². The third-order valence-electron chi connectivity index (χ3n) is 2.46. The van der Waals surface area contributed by atoms with E-state index in [9.17, 15) is 8.42 Å². The molecule has 1 fully saturated rings. The van der Waals surface area contributed by atoms with Crippen LogP contribution in [0.4, 0.5) is 0 Å². The lowest BCUT2D eigenvalue weighted by atomic mass is 10.1. The standard InChI is InChI=1S/C9H18N2O3S2/c1-9(2,8(10)15)11-16(12,13)6-7-4-3-5-14-7/h7,11H,3-6H2,1-2H3,(H2,10,15). The Hall–Kier alpha value is -0.240. The highest BCUT2D eigenvalue weighted by Gasteiger charge is 2.30. The highest BCUT2D eigenvalue weighted by Crippen LogP contribution is 2.15. The quantitative estimate of drug-likeness (QED) is 0.692. The number of sulfonamides is 1. The number of thiocarbonyl (C=S) groups is 1. The molecule has 0 radical (unpaired) electrons. The van der Waals surface area contributed by atoms with Crippen LogP contribution in [0.5, 0.6) is 0 Å². The fraction of sp³-hybridized carbons (Fsp3) is 0.889. The van der Waals surface area contributed by atoms with Gasteiger partial charge in [0.2, 0.25) is 10.0 Å². The van der Waals surface area contributed by atoms with Crippen LogP contribution in [0.3, 0.4) is 0 Å². The van der Waals surface area contributed by atoms with E-state index in [1.54, 1.807) is 13.8 Å². The number of hydrogen-bond donors (Lipinski definition) is 2. The van der Waals surface area contributed by atoms with E-state index < -0.39 is 15.6 Å². The van der Waals surface area contributed by atoms with Gasteiger partial charge in [0.25, 0.3) is 0 Å². The van der Waals surface area contributed by atoms with Gasteiger partial charge in [0.05, 0.1) is 22.4 Å². The Bertz CT molecular complexity index is 359. The third kappa shape index (κ3) is 3.97. The first-order valence-electron chi connectivity index (χ1n) is 5.16. The maximum Gasteiger partial charge on any atom is 0.215 e. The van der Waals surface area contributed by atoms with Gasteiger partial charge < -0.3 is 10.5 Å². The summed E-state index contributed by atoms with van der Waals surface area (Å²) in [5.41, 5.74) is 4.56. The molecule has 5 nitrogen and oxygen atoms in total. The first-order chi connectivity index (χ1) is 7.23. The Balaban J connectivity index is 2.60. The molecule has 1 unspecified atom stereocenters. The number of ether oxygens (including phenoxy) is 1. The second-order valence-electron chi connectivity index (χ2n) is 4.51. The Labute approximate surface area is 102 Å². The Kier molecular flexibility index (Phi) is 4.28. The molecule has 0 aromatic carbocycles. The molecular weight excluding hydrogens is 248 g/mol. The monoisotopic (exact) mass is 266 g/mol. The lowest BCUT2D eigenvalue weighted by molar-refractivity contribution is 0.127. The van der Waals surface area contributed by atoms with Gasteiger partial charge in [-0.05, 0) is 26.7 Å². The topological polar surface area (TPSA) is 81.4 Å². The summed E-state index contributed by atoms with van der Waals surface area (Å²) in [7, 11) is -3.41. The molecule has 0 aromatic rings. The first-order valence-corrected chi connectivity index (χ1v) is 7.22. The van der Waals surface area contributed by atoms with Crippen LogP contribution in [0, 0.1) is 0 Å². The number of rotatable bonds is 5. The van der Waals surface area contributed by atoms with Crippen molar-refractivity contribution in [1.29, 1.82) is 0 Å². The Morgan fingerprint density at radius 2 is 2.25 bits per heavy atom. The summed E-state index contributed by atoms with van der Waals surface area (Å²) in [6.07, 6.45) is 1.49. The van der Waals surface area contributed by atoms with Gasteiger partial charge in [-0.3, -0.25) is 0 Å². The maximum absolute atomic E-state index is 11.8. The predicted molar refractivity (Wildman–Crippen MR) is 66.8 cm³/mol. The van der Waals surface area contributed by atoms with Gasteiger partial charge in [-0.25, -0.2) is 13.1 Å². The molecule has 0 amide bonds. The second-order valence-corrected chi connectivity index (χ2v) is 6.71. The van der Waals surface area contributed by atoms with Crippen molar-refractivity contribution < 1.29 is 13.2 Å². The van der Waals surface area contributed by atoms with Crippen LogP contribution >= 0.6 is 12.2 Å². The van der Waals surface area contributed by atoms with E-state index in [0.29, 0.717) is 6.61 Å².